The minimum atomic E-state index is -0.214. The number of esters is 1. The van der Waals surface area contributed by atoms with E-state index in [0.717, 1.165) is 21.8 Å². The van der Waals surface area contributed by atoms with Gasteiger partial charge >= 0.3 is 5.97 Å². The van der Waals surface area contributed by atoms with Crippen LogP contribution in [0.5, 0.6) is 0 Å². The molecular formula is C15H17Br2NO3. The molecule has 2 rings (SSSR count). The Morgan fingerprint density at radius 1 is 1.38 bits per heavy atom. The Kier molecular flexibility index (Phi) is 5.81. The second-order valence-corrected chi connectivity index (χ2v) is 6.74. The van der Waals surface area contributed by atoms with E-state index in [1.807, 2.05) is 12.1 Å². The Morgan fingerprint density at radius 2 is 2.14 bits per heavy atom. The third-order valence-corrected chi connectivity index (χ3v) is 4.67. The standard InChI is InChI=1S/C15H17Br2NO3/c1-2-21-15(20)10-4-3-7-18(9-10)14(19)12-8-11(16)5-6-13(12)17/h5-6,8,10H,2-4,7,9H2,1H3. The zero-order chi connectivity index (χ0) is 15.4. The van der Waals surface area contributed by atoms with Gasteiger partial charge in [0.1, 0.15) is 0 Å². The highest BCUT2D eigenvalue weighted by atomic mass is 79.9. The molecule has 1 heterocycles. The summed E-state index contributed by atoms with van der Waals surface area (Å²) in [6, 6.07) is 5.50. The molecular weight excluding hydrogens is 402 g/mol. The lowest BCUT2D eigenvalue weighted by Crippen LogP contribution is -2.42. The van der Waals surface area contributed by atoms with Crippen LogP contribution in [0.25, 0.3) is 0 Å². The van der Waals surface area contributed by atoms with Gasteiger partial charge in [0.25, 0.3) is 5.91 Å². The number of benzene rings is 1. The summed E-state index contributed by atoms with van der Waals surface area (Å²) in [6.07, 6.45) is 1.60. The first-order chi connectivity index (χ1) is 10.0. The van der Waals surface area contributed by atoms with Gasteiger partial charge in [-0.3, -0.25) is 9.59 Å². The van der Waals surface area contributed by atoms with E-state index >= 15 is 0 Å². The fourth-order valence-electron chi connectivity index (χ4n) is 2.45. The second-order valence-electron chi connectivity index (χ2n) is 4.97. The van der Waals surface area contributed by atoms with Crippen LogP contribution in [-0.2, 0) is 9.53 Å². The van der Waals surface area contributed by atoms with Crippen LogP contribution in [0.2, 0.25) is 0 Å². The van der Waals surface area contributed by atoms with Gasteiger partial charge in [0, 0.05) is 22.0 Å². The van der Waals surface area contributed by atoms with Crippen molar-refractivity contribution < 1.29 is 14.3 Å². The maximum Gasteiger partial charge on any atom is 0.310 e. The summed E-state index contributed by atoms with van der Waals surface area (Å²) in [7, 11) is 0. The van der Waals surface area contributed by atoms with E-state index in [9.17, 15) is 9.59 Å². The maximum absolute atomic E-state index is 12.6. The Balaban J connectivity index is 2.12. The SMILES string of the molecule is CCOC(=O)C1CCCN(C(=O)c2cc(Br)ccc2Br)C1. The first-order valence-electron chi connectivity index (χ1n) is 6.94. The average Bonchev–Trinajstić information content (AvgIpc) is 2.49. The van der Waals surface area contributed by atoms with Gasteiger partial charge in [0.15, 0.2) is 0 Å². The van der Waals surface area contributed by atoms with Crippen LogP contribution in [0.15, 0.2) is 27.1 Å². The molecule has 1 aromatic rings. The third kappa shape index (κ3) is 4.07. The molecule has 6 heteroatoms. The largest absolute Gasteiger partial charge is 0.466 e. The molecule has 1 aromatic carbocycles. The number of amides is 1. The molecule has 1 aliphatic heterocycles. The van der Waals surface area contributed by atoms with Gasteiger partial charge in [0.05, 0.1) is 18.1 Å². The van der Waals surface area contributed by atoms with Crippen molar-refractivity contribution in [2.45, 2.75) is 19.8 Å². The van der Waals surface area contributed by atoms with Crippen molar-refractivity contribution >= 4 is 43.7 Å². The molecule has 0 bridgehead atoms. The summed E-state index contributed by atoms with van der Waals surface area (Å²) in [4.78, 5) is 26.2. The number of carbonyl (C=O) groups is 2. The zero-order valence-electron chi connectivity index (χ0n) is 11.8. The van der Waals surface area contributed by atoms with E-state index in [2.05, 4.69) is 31.9 Å². The molecule has 1 amide bonds. The third-order valence-electron chi connectivity index (χ3n) is 3.49. The number of rotatable bonds is 3. The van der Waals surface area contributed by atoms with Gasteiger partial charge in [-0.05, 0) is 53.9 Å². The lowest BCUT2D eigenvalue weighted by atomic mass is 9.97. The molecule has 1 saturated heterocycles. The van der Waals surface area contributed by atoms with Crippen LogP contribution < -0.4 is 0 Å². The summed E-state index contributed by atoms with van der Waals surface area (Å²) in [5, 5.41) is 0. The molecule has 0 aromatic heterocycles. The van der Waals surface area contributed by atoms with E-state index in [1.165, 1.54) is 0 Å². The van der Waals surface area contributed by atoms with Crippen LogP contribution in [0.3, 0.4) is 0 Å². The van der Waals surface area contributed by atoms with Crippen molar-refractivity contribution in [1.82, 2.24) is 4.90 Å². The highest BCUT2D eigenvalue weighted by Crippen LogP contribution is 2.25. The fourth-order valence-corrected chi connectivity index (χ4v) is 3.22. The van der Waals surface area contributed by atoms with Crippen molar-refractivity contribution in [2.24, 2.45) is 5.92 Å². The van der Waals surface area contributed by atoms with Gasteiger partial charge in [-0.15, -0.1) is 0 Å². The first kappa shape index (κ1) is 16.5. The van der Waals surface area contributed by atoms with Gasteiger partial charge < -0.3 is 9.64 Å². The molecule has 114 valence electrons. The number of piperidine rings is 1. The smallest absolute Gasteiger partial charge is 0.310 e. The van der Waals surface area contributed by atoms with Gasteiger partial charge in [-0.25, -0.2) is 0 Å². The van der Waals surface area contributed by atoms with E-state index in [4.69, 9.17) is 4.74 Å². The summed E-state index contributed by atoms with van der Waals surface area (Å²) in [6.45, 7) is 3.27. The Hall–Kier alpha value is -0.880. The number of ether oxygens (including phenoxy) is 1. The Labute approximate surface area is 141 Å². The molecule has 4 nitrogen and oxygen atoms in total. The molecule has 0 N–H and O–H groups in total. The summed E-state index contributed by atoms with van der Waals surface area (Å²) >= 11 is 6.79. The lowest BCUT2D eigenvalue weighted by Gasteiger charge is -2.31. The van der Waals surface area contributed by atoms with E-state index < -0.39 is 0 Å². The molecule has 1 fully saturated rings. The van der Waals surface area contributed by atoms with Crippen molar-refractivity contribution in [3.63, 3.8) is 0 Å². The van der Waals surface area contributed by atoms with Crippen molar-refractivity contribution in [3.8, 4) is 0 Å². The predicted octanol–water partition coefficient (Wildman–Crippen LogP) is 3.63. The number of likely N-dealkylation sites (tertiary alicyclic amines) is 1. The number of hydrogen-bond donors (Lipinski definition) is 0. The van der Waals surface area contributed by atoms with Gasteiger partial charge in [0.2, 0.25) is 0 Å². The molecule has 1 aliphatic rings. The number of hydrogen-bond acceptors (Lipinski definition) is 3. The van der Waals surface area contributed by atoms with E-state index in [-0.39, 0.29) is 17.8 Å². The summed E-state index contributed by atoms with van der Waals surface area (Å²) in [5.41, 5.74) is 0.605. The summed E-state index contributed by atoms with van der Waals surface area (Å²) in [5.74, 6) is -0.478. The van der Waals surface area contributed by atoms with Crippen molar-refractivity contribution in [3.05, 3.63) is 32.7 Å². The van der Waals surface area contributed by atoms with E-state index in [1.54, 1.807) is 17.9 Å². The number of halogens is 2. The molecule has 1 unspecified atom stereocenters. The quantitative estimate of drug-likeness (QED) is 0.704. The van der Waals surface area contributed by atoms with Gasteiger partial charge in [-0.2, -0.15) is 0 Å². The zero-order valence-corrected chi connectivity index (χ0v) is 14.9. The van der Waals surface area contributed by atoms with E-state index in [0.29, 0.717) is 25.3 Å². The molecule has 21 heavy (non-hydrogen) atoms. The van der Waals surface area contributed by atoms with Crippen molar-refractivity contribution in [1.29, 1.82) is 0 Å². The Morgan fingerprint density at radius 3 is 2.86 bits per heavy atom. The average molecular weight is 419 g/mol. The highest BCUT2D eigenvalue weighted by Gasteiger charge is 2.30. The molecule has 1 atom stereocenters. The first-order valence-corrected chi connectivity index (χ1v) is 8.52. The van der Waals surface area contributed by atoms with Crippen LogP contribution in [0, 0.1) is 5.92 Å². The summed E-state index contributed by atoms with van der Waals surface area (Å²) < 4.78 is 6.68. The molecule has 0 saturated carbocycles. The monoisotopic (exact) mass is 417 g/mol. The molecule has 0 spiro atoms. The second kappa shape index (κ2) is 7.40. The van der Waals surface area contributed by atoms with Crippen LogP contribution >= 0.6 is 31.9 Å². The fraction of sp³-hybridized carbons (Fsp3) is 0.467. The van der Waals surface area contributed by atoms with Gasteiger partial charge in [-0.1, -0.05) is 15.9 Å². The van der Waals surface area contributed by atoms with Crippen molar-refractivity contribution in [2.75, 3.05) is 19.7 Å². The van der Waals surface area contributed by atoms with Crippen LogP contribution in [0.4, 0.5) is 0 Å². The predicted molar refractivity (Wildman–Crippen MR) is 87.1 cm³/mol. The normalized spacial score (nSPS) is 18.4. The van der Waals surface area contributed by atoms with Crippen LogP contribution in [0.1, 0.15) is 30.1 Å². The number of nitrogens with zero attached hydrogens (tertiary/aromatic N) is 1. The topological polar surface area (TPSA) is 46.6 Å². The molecule has 0 aliphatic carbocycles. The molecule has 0 radical (unpaired) electrons. The lowest BCUT2D eigenvalue weighted by molar-refractivity contribution is -0.149. The minimum Gasteiger partial charge on any atom is -0.466 e. The number of carbonyl (C=O) groups excluding carboxylic acids is 2. The van der Waals surface area contributed by atoms with Crippen LogP contribution in [-0.4, -0.2) is 36.5 Å². The minimum absolute atomic E-state index is 0.0582. The maximum atomic E-state index is 12.6. The Bertz CT molecular complexity index is 548. The highest BCUT2D eigenvalue weighted by molar-refractivity contribution is 9.11.